The molecule has 8 heteroatoms. The molecular weight excluding hydrogens is 266 g/mol. The van der Waals surface area contributed by atoms with Gasteiger partial charge in [-0.3, -0.25) is 0 Å². The molecule has 1 rings (SSSR count). The Morgan fingerprint density at radius 1 is 1.24 bits per heavy atom. The lowest BCUT2D eigenvalue weighted by molar-refractivity contribution is 0.0606. The Balaban J connectivity index is 2.65. The highest BCUT2D eigenvalue weighted by molar-refractivity contribution is 7.93. The van der Waals surface area contributed by atoms with E-state index in [1.54, 1.807) is 0 Å². The minimum absolute atomic E-state index is 0.0628. The molecule has 1 heterocycles. The molecule has 102 valence electrons. The molecule has 1 saturated heterocycles. The first-order chi connectivity index (χ1) is 7.62. The third-order valence-corrected chi connectivity index (χ3v) is 6.03. The van der Waals surface area contributed by atoms with Crippen LogP contribution in [0.3, 0.4) is 0 Å². The summed E-state index contributed by atoms with van der Waals surface area (Å²) in [4.78, 5) is 0. The van der Waals surface area contributed by atoms with Gasteiger partial charge in [0, 0.05) is 19.3 Å². The Bertz CT molecular complexity index is 456. The molecule has 6 nitrogen and oxygen atoms in total. The van der Waals surface area contributed by atoms with Crippen molar-refractivity contribution in [2.75, 3.05) is 30.9 Å². The highest BCUT2D eigenvalue weighted by Crippen LogP contribution is 2.19. The average Bonchev–Trinajstić information content (AvgIpc) is 2.18. The molecule has 2 atom stereocenters. The molecule has 0 saturated carbocycles. The summed E-state index contributed by atoms with van der Waals surface area (Å²) in [6.07, 6.45) is 0.936. The highest BCUT2D eigenvalue weighted by atomic mass is 32.2. The molecule has 2 unspecified atom stereocenters. The first kappa shape index (κ1) is 14.9. The smallest absolute Gasteiger partial charge is 0.215 e. The van der Waals surface area contributed by atoms with Crippen LogP contribution in [0.2, 0.25) is 0 Å². The molecule has 0 spiro atoms. The summed E-state index contributed by atoms with van der Waals surface area (Å²) < 4.78 is 46.7. The van der Waals surface area contributed by atoms with Crippen molar-refractivity contribution >= 4 is 19.9 Å². The number of hydrogen-bond acceptors (Lipinski definition) is 5. The number of sulfone groups is 1. The topological polar surface area (TPSA) is 91.8 Å². The molecule has 1 N–H and O–H groups in total. The van der Waals surface area contributed by atoms with Crippen LogP contribution in [0.5, 0.6) is 0 Å². The van der Waals surface area contributed by atoms with Crippen molar-refractivity contribution in [3.63, 3.8) is 0 Å². The SMILES string of the molecule is CC1CCN(S(=O)(=O)CCS(C)(=O)=O)CC1O. The van der Waals surface area contributed by atoms with Crippen molar-refractivity contribution in [2.24, 2.45) is 5.92 Å². The van der Waals surface area contributed by atoms with E-state index >= 15 is 0 Å². The second-order valence-electron chi connectivity index (χ2n) is 4.64. The fourth-order valence-corrected chi connectivity index (χ4v) is 4.73. The molecule has 1 fully saturated rings. The maximum Gasteiger partial charge on any atom is 0.215 e. The van der Waals surface area contributed by atoms with Gasteiger partial charge in [0.25, 0.3) is 0 Å². The van der Waals surface area contributed by atoms with Gasteiger partial charge in [0.1, 0.15) is 9.84 Å². The minimum atomic E-state index is -3.58. The van der Waals surface area contributed by atoms with Gasteiger partial charge in [0.05, 0.1) is 17.6 Å². The van der Waals surface area contributed by atoms with Crippen molar-refractivity contribution in [3.05, 3.63) is 0 Å². The quantitative estimate of drug-likeness (QED) is 0.720. The summed E-state index contributed by atoms with van der Waals surface area (Å²) in [6, 6.07) is 0. The number of sulfonamides is 1. The maximum atomic E-state index is 11.8. The summed E-state index contributed by atoms with van der Waals surface area (Å²) in [7, 11) is -6.87. The molecule has 0 aromatic rings. The average molecular weight is 285 g/mol. The van der Waals surface area contributed by atoms with E-state index in [0.29, 0.717) is 13.0 Å². The van der Waals surface area contributed by atoms with Crippen molar-refractivity contribution in [3.8, 4) is 0 Å². The zero-order valence-corrected chi connectivity index (χ0v) is 11.7. The number of rotatable bonds is 4. The van der Waals surface area contributed by atoms with E-state index in [2.05, 4.69) is 0 Å². The van der Waals surface area contributed by atoms with Gasteiger partial charge in [-0.2, -0.15) is 4.31 Å². The predicted octanol–water partition coefficient (Wildman–Crippen LogP) is -0.936. The Morgan fingerprint density at radius 2 is 1.82 bits per heavy atom. The van der Waals surface area contributed by atoms with E-state index in [9.17, 15) is 21.9 Å². The molecule has 0 aromatic heterocycles. The van der Waals surface area contributed by atoms with E-state index in [0.717, 1.165) is 6.26 Å². The largest absolute Gasteiger partial charge is 0.391 e. The van der Waals surface area contributed by atoms with Gasteiger partial charge in [0.2, 0.25) is 10.0 Å². The van der Waals surface area contributed by atoms with E-state index < -0.39 is 31.7 Å². The predicted molar refractivity (Wildman–Crippen MR) is 64.9 cm³/mol. The second-order valence-corrected chi connectivity index (χ2v) is 8.99. The van der Waals surface area contributed by atoms with Gasteiger partial charge >= 0.3 is 0 Å². The van der Waals surface area contributed by atoms with Crippen LogP contribution >= 0.6 is 0 Å². The van der Waals surface area contributed by atoms with E-state index in [-0.39, 0.29) is 18.2 Å². The zero-order chi connectivity index (χ0) is 13.3. The number of hydrogen-bond donors (Lipinski definition) is 1. The molecule has 1 aliphatic heterocycles. The third kappa shape index (κ3) is 4.53. The number of nitrogens with zero attached hydrogens (tertiary/aromatic N) is 1. The molecule has 0 bridgehead atoms. The Kier molecular flexibility index (Phi) is 4.56. The molecular formula is C9H19NO5S2. The van der Waals surface area contributed by atoms with Crippen LogP contribution in [0.15, 0.2) is 0 Å². The van der Waals surface area contributed by atoms with Gasteiger partial charge in [0.15, 0.2) is 0 Å². The number of piperidine rings is 1. The molecule has 0 radical (unpaired) electrons. The minimum Gasteiger partial charge on any atom is -0.391 e. The lowest BCUT2D eigenvalue weighted by atomic mass is 9.98. The van der Waals surface area contributed by atoms with E-state index in [1.165, 1.54) is 4.31 Å². The standard InChI is InChI=1S/C9H19NO5S2/c1-8-3-4-10(7-9(8)11)17(14,15)6-5-16(2,12)13/h8-9,11H,3-7H2,1-2H3. The summed E-state index contributed by atoms with van der Waals surface area (Å²) in [5, 5.41) is 9.62. The van der Waals surface area contributed by atoms with Gasteiger partial charge < -0.3 is 5.11 Å². The Labute approximate surface area is 103 Å². The number of aliphatic hydroxyl groups is 1. The van der Waals surface area contributed by atoms with Crippen molar-refractivity contribution < 1.29 is 21.9 Å². The first-order valence-electron chi connectivity index (χ1n) is 5.45. The fourth-order valence-electron chi connectivity index (χ4n) is 1.66. The van der Waals surface area contributed by atoms with Crippen LogP contribution in [-0.4, -0.2) is 63.2 Å². The van der Waals surface area contributed by atoms with Crippen molar-refractivity contribution in [2.45, 2.75) is 19.4 Å². The fraction of sp³-hybridized carbons (Fsp3) is 1.00. The Hall–Kier alpha value is -0.180. The molecule has 0 aliphatic carbocycles. The Morgan fingerprint density at radius 3 is 2.29 bits per heavy atom. The normalized spacial score (nSPS) is 28.2. The van der Waals surface area contributed by atoms with Crippen LogP contribution in [0.4, 0.5) is 0 Å². The van der Waals surface area contributed by atoms with Crippen LogP contribution in [0.25, 0.3) is 0 Å². The summed E-state index contributed by atoms with van der Waals surface area (Å²) in [6.45, 7) is 2.28. The third-order valence-electron chi connectivity index (χ3n) is 2.99. The maximum absolute atomic E-state index is 11.8. The first-order valence-corrected chi connectivity index (χ1v) is 9.12. The molecule has 1 aliphatic rings. The monoisotopic (exact) mass is 285 g/mol. The van der Waals surface area contributed by atoms with Gasteiger partial charge in [-0.15, -0.1) is 0 Å². The lowest BCUT2D eigenvalue weighted by Gasteiger charge is -2.33. The van der Waals surface area contributed by atoms with Gasteiger partial charge in [-0.1, -0.05) is 6.92 Å². The summed E-state index contributed by atoms with van der Waals surface area (Å²) >= 11 is 0. The van der Waals surface area contributed by atoms with E-state index in [4.69, 9.17) is 0 Å². The van der Waals surface area contributed by atoms with Crippen LogP contribution < -0.4 is 0 Å². The van der Waals surface area contributed by atoms with Crippen molar-refractivity contribution in [1.29, 1.82) is 0 Å². The van der Waals surface area contributed by atoms with Gasteiger partial charge in [-0.25, -0.2) is 16.8 Å². The highest BCUT2D eigenvalue weighted by Gasteiger charge is 2.31. The van der Waals surface area contributed by atoms with Gasteiger partial charge in [-0.05, 0) is 12.3 Å². The van der Waals surface area contributed by atoms with Crippen molar-refractivity contribution in [1.82, 2.24) is 4.31 Å². The lowest BCUT2D eigenvalue weighted by Crippen LogP contribution is -2.47. The summed E-state index contributed by atoms with van der Waals surface area (Å²) in [5.41, 5.74) is 0. The molecule has 17 heavy (non-hydrogen) atoms. The number of β-amino-alcohol motifs (C(OH)–C–C–N with tert-alkyl or cyclic N) is 1. The summed E-state index contributed by atoms with van der Waals surface area (Å²) in [5.74, 6) is -0.707. The second kappa shape index (κ2) is 5.21. The van der Waals surface area contributed by atoms with Crippen LogP contribution in [-0.2, 0) is 19.9 Å². The van der Waals surface area contributed by atoms with E-state index in [1.807, 2.05) is 6.92 Å². The zero-order valence-electron chi connectivity index (χ0n) is 10.0. The number of aliphatic hydroxyl groups excluding tert-OH is 1. The van der Waals surface area contributed by atoms with Crippen LogP contribution in [0.1, 0.15) is 13.3 Å². The van der Waals surface area contributed by atoms with Crippen LogP contribution in [0, 0.1) is 5.92 Å². The molecule has 0 aromatic carbocycles. The molecule has 0 amide bonds.